The standard InChI is InChI=1S/C15H17N3O2S/c19-14(18-7-5-16-6-8-18)9-17-15(20)12-10-21-13-4-2-1-3-11(12)13/h1-4,10,16H,5-9H2,(H,17,20). The lowest BCUT2D eigenvalue weighted by atomic mass is 10.1. The normalized spacial score (nSPS) is 15.1. The third-order valence-electron chi connectivity index (χ3n) is 3.60. The van der Waals surface area contributed by atoms with Gasteiger partial charge in [-0.15, -0.1) is 11.3 Å². The lowest BCUT2D eigenvalue weighted by molar-refractivity contribution is -0.130. The molecule has 1 fully saturated rings. The predicted octanol–water partition coefficient (Wildman–Crippen LogP) is 1.06. The highest BCUT2D eigenvalue weighted by Crippen LogP contribution is 2.25. The Balaban J connectivity index is 1.62. The fourth-order valence-corrected chi connectivity index (χ4v) is 3.37. The number of carbonyl (C=O) groups is 2. The molecule has 6 heteroatoms. The average Bonchev–Trinajstić information content (AvgIpc) is 2.97. The predicted molar refractivity (Wildman–Crippen MR) is 83.6 cm³/mol. The Hall–Kier alpha value is -1.92. The molecule has 1 aliphatic heterocycles. The van der Waals surface area contributed by atoms with Crippen molar-refractivity contribution in [3.63, 3.8) is 0 Å². The van der Waals surface area contributed by atoms with E-state index in [2.05, 4.69) is 10.6 Å². The second-order valence-corrected chi connectivity index (χ2v) is 5.87. The summed E-state index contributed by atoms with van der Waals surface area (Å²) in [5.41, 5.74) is 0.642. The van der Waals surface area contributed by atoms with Crippen LogP contribution in [0.25, 0.3) is 10.1 Å². The molecular weight excluding hydrogens is 286 g/mol. The third-order valence-corrected chi connectivity index (χ3v) is 4.56. The molecule has 1 saturated heterocycles. The number of amides is 2. The molecule has 110 valence electrons. The number of fused-ring (bicyclic) bond motifs is 1. The molecule has 21 heavy (non-hydrogen) atoms. The topological polar surface area (TPSA) is 61.4 Å². The number of hydrogen-bond donors (Lipinski definition) is 2. The average molecular weight is 303 g/mol. The summed E-state index contributed by atoms with van der Waals surface area (Å²) in [4.78, 5) is 26.0. The Morgan fingerprint density at radius 3 is 2.81 bits per heavy atom. The monoisotopic (exact) mass is 303 g/mol. The van der Waals surface area contributed by atoms with Gasteiger partial charge in [0.05, 0.1) is 12.1 Å². The lowest BCUT2D eigenvalue weighted by Crippen LogP contribution is -2.49. The molecule has 0 spiro atoms. The largest absolute Gasteiger partial charge is 0.343 e. The SMILES string of the molecule is O=C(NCC(=O)N1CCNCC1)c1csc2ccccc12. The summed E-state index contributed by atoms with van der Waals surface area (Å²) in [6, 6.07) is 7.79. The van der Waals surface area contributed by atoms with Crippen LogP contribution in [-0.2, 0) is 4.79 Å². The third kappa shape index (κ3) is 3.06. The minimum atomic E-state index is -0.184. The van der Waals surface area contributed by atoms with Crippen molar-refractivity contribution in [3.8, 4) is 0 Å². The van der Waals surface area contributed by atoms with Gasteiger partial charge in [-0.05, 0) is 6.07 Å². The summed E-state index contributed by atoms with van der Waals surface area (Å²) < 4.78 is 1.08. The van der Waals surface area contributed by atoms with E-state index < -0.39 is 0 Å². The molecule has 1 aliphatic rings. The van der Waals surface area contributed by atoms with Crippen LogP contribution < -0.4 is 10.6 Å². The number of nitrogens with zero attached hydrogens (tertiary/aromatic N) is 1. The fourth-order valence-electron chi connectivity index (χ4n) is 2.43. The lowest BCUT2D eigenvalue weighted by Gasteiger charge is -2.27. The van der Waals surface area contributed by atoms with Crippen LogP contribution in [0.15, 0.2) is 29.6 Å². The van der Waals surface area contributed by atoms with Crippen molar-refractivity contribution >= 4 is 33.2 Å². The number of thiophene rings is 1. The van der Waals surface area contributed by atoms with Crippen molar-refractivity contribution in [1.29, 1.82) is 0 Å². The number of piperazine rings is 1. The van der Waals surface area contributed by atoms with Gasteiger partial charge in [0.1, 0.15) is 0 Å². The first-order valence-corrected chi connectivity index (χ1v) is 7.86. The van der Waals surface area contributed by atoms with E-state index in [9.17, 15) is 9.59 Å². The summed E-state index contributed by atoms with van der Waals surface area (Å²) in [5, 5.41) is 8.71. The number of rotatable bonds is 3. The van der Waals surface area contributed by atoms with Crippen LogP contribution in [-0.4, -0.2) is 49.4 Å². The van der Waals surface area contributed by atoms with Gasteiger partial charge in [0.15, 0.2) is 0 Å². The quantitative estimate of drug-likeness (QED) is 0.891. The number of benzene rings is 1. The van der Waals surface area contributed by atoms with Gasteiger partial charge in [0.2, 0.25) is 5.91 Å². The van der Waals surface area contributed by atoms with E-state index in [1.165, 1.54) is 0 Å². The van der Waals surface area contributed by atoms with Gasteiger partial charge < -0.3 is 15.5 Å². The highest BCUT2D eigenvalue weighted by Gasteiger charge is 2.18. The first-order valence-electron chi connectivity index (χ1n) is 6.98. The zero-order valence-electron chi connectivity index (χ0n) is 11.6. The van der Waals surface area contributed by atoms with Crippen LogP contribution in [0, 0.1) is 0 Å². The zero-order chi connectivity index (χ0) is 14.7. The molecule has 0 unspecified atom stereocenters. The van der Waals surface area contributed by atoms with Crippen molar-refractivity contribution in [2.24, 2.45) is 0 Å². The minimum Gasteiger partial charge on any atom is -0.343 e. The maximum absolute atomic E-state index is 12.2. The molecule has 0 bridgehead atoms. The maximum Gasteiger partial charge on any atom is 0.253 e. The van der Waals surface area contributed by atoms with Gasteiger partial charge in [-0.2, -0.15) is 0 Å². The van der Waals surface area contributed by atoms with Gasteiger partial charge in [0, 0.05) is 41.6 Å². The number of nitrogens with one attached hydrogen (secondary N) is 2. The smallest absolute Gasteiger partial charge is 0.253 e. The van der Waals surface area contributed by atoms with E-state index in [0.29, 0.717) is 18.7 Å². The molecule has 0 radical (unpaired) electrons. The molecule has 0 atom stereocenters. The molecule has 0 aliphatic carbocycles. The first kappa shape index (κ1) is 14.0. The molecule has 2 heterocycles. The molecule has 2 amide bonds. The Bertz CT molecular complexity index is 662. The summed E-state index contributed by atoms with van der Waals surface area (Å²) in [6.45, 7) is 3.10. The van der Waals surface area contributed by atoms with E-state index in [1.807, 2.05) is 29.6 Å². The van der Waals surface area contributed by atoms with Gasteiger partial charge in [-0.25, -0.2) is 0 Å². The summed E-state index contributed by atoms with van der Waals surface area (Å²) in [7, 11) is 0. The summed E-state index contributed by atoms with van der Waals surface area (Å²) in [5.74, 6) is -0.208. The van der Waals surface area contributed by atoms with Crippen LogP contribution in [0.5, 0.6) is 0 Å². The van der Waals surface area contributed by atoms with Crippen LogP contribution in [0.1, 0.15) is 10.4 Å². The van der Waals surface area contributed by atoms with E-state index in [-0.39, 0.29) is 18.4 Å². The molecule has 1 aromatic heterocycles. The van der Waals surface area contributed by atoms with Crippen LogP contribution in [0.4, 0.5) is 0 Å². The highest BCUT2D eigenvalue weighted by atomic mass is 32.1. The van der Waals surface area contributed by atoms with Gasteiger partial charge in [0.25, 0.3) is 5.91 Å². The second-order valence-electron chi connectivity index (χ2n) is 4.96. The molecule has 0 saturated carbocycles. The second kappa shape index (κ2) is 6.24. The zero-order valence-corrected chi connectivity index (χ0v) is 12.4. The van der Waals surface area contributed by atoms with Crippen molar-refractivity contribution in [2.45, 2.75) is 0 Å². The van der Waals surface area contributed by atoms with Gasteiger partial charge >= 0.3 is 0 Å². The highest BCUT2D eigenvalue weighted by molar-refractivity contribution is 7.17. The molecule has 2 N–H and O–H groups in total. The van der Waals surface area contributed by atoms with Crippen molar-refractivity contribution in [1.82, 2.24) is 15.5 Å². The molecule has 5 nitrogen and oxygen atoms in total. The van der Waals surface area contributed by atoms with Gasteiger partial charge in [-0.1, -0.05) is 18.2 Å². The van der Waals surface area contributed by atoms with Crippen LogP contribution >= 0.6 is 11.3 Å². The Morgan fingerprint density at radius 1 is 1.24 bits per heavy atom. The Kier molecular flexibility index (Phi) is 4.17. The van der Waals surface area contributed by atoms with E-state index in [1.54, 1.807) is 16.2 Å². The van der Waals surface area contributed by atoms with Crippen LogP contribution in [0.3, 0.4) is 0 Å². The summed E-state index contributed by atoms with van der Waals surface area (Å²) in [6.07, 6.45) is 0. The Labute approximate surface area is 126 Å². The van der Waals surface area contributed by atoms with E-state index in [4.69, 9.17) is 0 Å². The molecule has 1 aromatic carbocycles. The van der Waals surface area contributed by atoms with Crippen molar-refractivity contribution < 1.29 is 9.59 Å². The molecular formula is C15H17N3O2S. The van der Waals surface area contributed by atoms with Crippen LogP contribution in [0.2, 0.25) is 0 Å². The number of hydrogen-bond acceptors (Lipinski definition) is 4. The fraction of sp³-hybridized carbons (Fsp3) is 0.333. The van der Waals surface area contributed by atoms with Crippen molar-refractivity contribution in [2.75, 3.05) is 32.7 Å². The maximum atomic E-state index is 12.2. The Morgan fingerprint density at radius 2 is 2.00 bits per heavy atom. The first-order chi connectivity index (χ1) is 10.3. The van der Waals surface area contributed by atoms with E-state index in [0.717, 1.165) is 23.2 Å². The molecule has 3 rings (SSSR count). The number of carbonyl (C=O) groups excluding carboxylic acids is 2. The minimum absolute atomic E-state index is 0.0237. The van der Waals surface area contributed by atoms with Gasteiger partial charge in [-0.3, -0.25) is 9.59 Å². The molecule has 2 aromatic rings. The van der Waals surface area contributed by atoms with Crippen molar-refractivity contribution in [3.05, 3.63) is 35.2 Å². The summed E-state index contributed by atoms with van der Waals surface area (Å²) >= 11 is 1.54. The van der Waals surface area contributed by atoms with E-state index >= 15 is 0 Å².